The molecule has 1 aliphatic rings. The zero-order valence-corrected chi connectivity index (χ0v) is 12.1. The SMILES string of the molecule is O=C(CSc1nncn1C1CC1)c1c[nH]c2ccccc12. The zero-order valence-electron chi connectivity index (χ0n) is 11.3. The summed E-state index contributed by atoms with van der Waals surface area (Å²) < 4.78 is 2.08. The molecule has 6 heteroatoms. The van der Waals surface area contributed by atoms with E-state index in [1.54, 1.807) is 12.5 Å². The van der Waals surface area contributed by atoms with Gasteiger partial charge >= 0.3 is 0 Å². The first-order valence-corrected chi connectivity index (χ1v) is 7.93. The molecule has 0 unspecified atom stereocenters. The van der Waals surface area contributed by atoms with Gasteiger partial charge in [-0.15, -0.1) is 10.2 Å². The van der Waals surface area contributed by atoms with E-state index in [0.29, 0.717) is 11.8 Å². The number of nitrogens with zero attached hydrogens (tertiary/aromatic N) is 3. The van der Waals surface area contributed by atoms with E-state index in [4.69, 9.17) is 0 Å². The van der Waals surface area contributed by atoms with Gasteiger partial charge in [0.1, 0.15) is 6.33 Å². The van der Waals surface area contributed by atoms with Crippen molar-refractivity contribution in [3.05, 3.63) is 42.4 Å². The highest BCUT2D eigenvalue weighted by atomic mass is 32.2. The number of nitrogens with one attached hydrogen (secondary N) is 1. The average Bonchev–Trinajstić information content (AvgIpc) is 3.10. The van der Waals surface area contributed by atoms with E-state index in [-0.39, 0.29) is 5.78 Å². The van der Waals surface area contributed by atoms with Gasteiger partial charge < -0.3 is 9.55 Å². The van der Waals surface area contributed by atoms with Crippen molar-refractivity contribution in [2.75, 3.05) is 5.75 Å². The third kappa shape index (κ3) is 2.35. The number of para-hydroxylation sites is 1. The van der Waals surface area contributed by atoms with Gasteiger partial charge in [-0.25, -0.2) is 0 Å². The smallest absolute Gasteiger partial charge is 0.191 e. The van der Waals surface area contributed by atoms with E-state index >= 15 is 0 Å². The second-order valence-electron chi connectivity index (χ2n) is 5.21. The molecule has 3 aromatic rings. The first kappa shape index (κ1) is 12.6. The highest BCUT2D eigenvalue weighted by Gasteiger charge is 2.26. The van der Waals surface area contributed by atoms with Crippen molar-refractivity contribution < 1.29 is 4.79 Å². The summed E-state index contributed by atoms with van der Waals surface area (Å²) in [6.45, 7) is 0. The predicted octanol–water partition coefficient (Wildman–Crippen LogP) is 3.07. The number of aromatic nitrogens is 4. The molecule has 1 fully saturated rings. The molecule has 4 rings (SSSR count). The number of hydrogen-bond acceptors (Lipinski definition) is 4. The van der Waals surface area contributed by atoms with Gasteiger partial charge in [-0.3, -0.25) is 4.79 Å². The molecular weight excluding hydrogens is 284 g/mol. The quantitative estimate of drug-likeness (QED) is 0.581. The second kappa shape index (κ2) is 5.04. The minimum Gasteiger partial charge on any atom is -0.360 e. The van der Waals surface area contributed by atoms with Crippen LogP contribution in [0, 0.1) is 0 Å². The lowest BCUT2D eigenvalue weighted by Gasteiger charge is -2.03. The predicted molar refractivity (Wildman–Crippen MR) is 81.6 cm³/mol. The molecular formula is C15H14N4OS. The van der Waals surface area contributed by atoms with Crippen LogP contribution in [0.5, 0.6) is 0 Å². The van der Waals surface area contributed by atoms with Gasteiger partial charge in [0.05, 0.1) is 5.75 Å². The molecule has 0 amide bonds. The zero-order chi connectivity index (χ0) is 14.2. The number of ketones is 1. The number of carbonyl (C=O) groups is 1. The van der Waals surface area contributed by atoms with Crippen LogP contribution in [0.4, 0.5) is 0 Å². The second-order valence-corrected chi connectivity index (χ2v) is 6.15. The lowest BCUT2D eigenvalue weighted by atomic mass is 10.1. The monoisotopic (exact) mass is 298 g/mol. The molecule has 0 spiro atoms. The van der Waals surface area contributed by atoms with Crippen LogP contribution >= 0.6 is 11.8 Å². The van der Waals surface area contributed by atoms with E-state index < -0.39 is 0 Å². The molecule has 0 atom stereocenters. The number of fused-ring (bicyclic) bond motifs is 1. The summed E-state index contributed by atoms with van der Waals surface area (Å²) in [7, 11) is 0. The van der Waals surface area contributed by atoms with Gasteiger partial charge in [0.25, 0.3) is 0 Å². The average molecular weight is 298 g/mol. The molecule has 0 radical (unpaired) electrons. The van der Waals surface area contributed by atoms with Crippen LogP contribution in [0.25, 0.3) is 10.9 Å². The number of carbonyl (C=O) groups excluding carboxylic acids is 1. The van der Waals surface area contributed by atoms with Gasteiger partial charge in [-0.1, -0.05) is 30.0 Å². The Kier molecular flexibility index (Phi) is 3.03. The Morgan fingerprint density at radius 1 is 1.38 bits per heavy atom. The van der Waals surface area contributed by atoms with Gasteiger partial charge in [-0.05, 0) is 18.9 Å². The van der Waals surface area contributed by atoms with Crippen LogP contribution < -0.4 is 0 Å². The Bertz CT molecular complexity index is 803. The summed E-state index contributed by atoms with van der Waals surface area (Å²) in [5.41, 5.74) is 1.74. The number of thioether (sulfide) groups is 1. The van der Waals surface area contributed by atoms with Crippen molar-refractivity contribution in [2.24, 2.45) is 0 Å². The van der Waals surface area contributed by atoms with Gasteiger partial charge in [0.15, 0.2) is 10.9 Å². The first-order chi connectivity index (χ1) is 10.3. The summed E-state index contributed by atoms with van der Waals surface area (Å²) in [4.78, 5) is 15.6. The van der Waals surface area contributed by atoms with Gasteiger partial charge in [0, 0.05) is 28.7 Å². The lowest BCUT2D eigenvalue weighted by Crippen LogP contribution is -2.03. The molecule has 0 bridgehead atoms. The highest BCUT2D eigenvalue weighted by Crippen LogP contribution is 2.37. The van der Waals surface area contributed by atoms with Crippen LogP contribution in [-0.4, -0.2) is 31.3 Å². The largest absolute Gasteiger partial charge is 0.360 e. The number of rotatable bonds is 5. The van der Waals surface area contributed by atoms with Crippen LogP contribution in [0.2, 0.25) is 0 Å². The maximum absolute atomic E-state index is 12.4. The molecule has 0 saturated heterocycles. The van der Waals surface area contributed by atoms with E-state index in [1.807, 2.05) is 24.3 Å². The molecule has 1 aromatic carbocycles. The Morgan fingerprint density at radius 2 is 2.24 bits per heavy atom. The maximum Gasteiger partial charge on any atom is 0.191 e. The van der Waals surface area contributed by atoms with Crippen LogP contribution in [0.1, 0.15) is 29.2 Å². The number of aromatic amines is 1. The van der Waals surface area contributed by atoms with E-state index in [9.17, 15) is 4.79 Å². The van der Waals surface area contributed by atoms with Crippen molar-refractivity contribution >= 4 is 28.4 Å². The number of H-pyrrole nitrogens is 1. The minimum atomic E-state index is 0.114. The Hall–Kier alpha value is -2.08. The summed E-state index contributed by atoms with van der Waals surface area (Å²) >= 11 is 1.46. The Morgan fingerprint density at radius 3 is 3.10 bits per heavy atom. The molecule has 1 N–H and O–H groups in total. The fraction of sp³-hybridized carbons (Fsp3) is 0.267. The summed E-state index contributed by atoms with van der Waals surface area (Å²) in [6.07, 6.45) is 5.92. The Labute approximate surface area is 125 Å². The molecule has 0 aliphatic heterocycles. The molecule has 1 aliphatic carbocycles. The molecule has 21 heavy (non-hydrogen) atoms. The highest BCUT2D eigenvalue weighted by molar-refractivity contribution is 7.99. The fourth-order valence-corrected chi connectivity index (χ4v) is 3.31. The molecule has 5 nitrogen and oxygen atoms in total. The fourth-order valence-electron chi connectivity index (χ4n) is 2.45. The van der Waals surface area contributed by atoms with Crippen LogP contribution in [0.15, 0.2) is 41.9 Å². The van der Waals surface area contributed by atoms with Crippen molar-refractivity contribution in [1.82, 2.24) is 19.7 Å². The van der Waals surface area contributed by atoms with Crippen molar-refractivity contribution in [2.45, 2.75) is 24.0 Å². The minimum absolute atomic E-state index is 0.114. The van der Waals surface area contributed by atoms with Crippen LogP contribution in [0.3, 0.4) is 0 Å². The van der Waals surface area contributed by atoms with E-state index in [2.05, 4.69) is 19.7 Å². The Balaban J connectivity index is 1.52. The third-order valence-electron chi connectivity index (χ3n) is 3.70. The summed E-state index contributed by atoms with van der Waals surface area (Å²) in [5.74, 6) is 0.496. The van der Waals surface area contributed by atoms with Gasteiger partial charge in [-0.2, -0.15) is 0 Å². The molecule has 2 aromatic heterocycles. The normalized spacial score (nSPS) is 14.7. The standard InChI is InChI=1S/C15H14N4OS/c20-14(12-7-16-13-4-2-1-3-11(12)13)8-21-15-18-17-9-19(15)10-5-6-10/h1-4,7,9-10,16H,5-6,8H2. The van der Waals surface area contributed by atoms with Crippen molar-refractivity contribution in [3.63, 3.8) is 0 Å². The van der Waals surface area contributed by atoms with E-state index in [0.717, 1.165) is 21.6 Å². The van der Waals surface area contributed by atoms with Crippen molar-refractivity contribution in [3.8, 4) is 0 Å². The van der Waals surface area contributed by atoms with Crippen LogP contribution in [-0.2, 0) is 0 Å². The van der Waals surface area contributed by atoms with Crippen molar-refractivity contribution in [1.29, 1.82) is 0 Å². The topological polar surface area (TPSA) is 63.6 Å². The number of hydrogen-bond donors (Lipinski definition) is 1. The van der Waals surface area contributed by atoms with Gasteiger partial charge in [0.2, 0.25) is 0 Å². The summed E-state index contributed by atoms with van der Waals surface area (Å²) in [5, 5.41) is 9.87. The maximum atomic E-state index is 12.4. The van der Waals surface area contributed by atoms with E-state index in [1.165, 1.54) is 24.6 Å². The first-order valence-electron chi connectivity index (χ1n) is 6.94. The molecule has 1 saturated carbocycles. The summed E-state index contributed by atoms with van der Waals surface area (Å²) in [6, 6.07) is 8.38. The third-order valence-corrected chi connectivity index (χ3v) is 4.66. The lowest BCUT2D eigenvalue weighted by molar-refractivity contribution is 0.102. The molecule has 106 valence electrons. The number of benzene rings is 1. The number of Topliss-reactive ketones (excluding diaryl/α,β-unsaturated/α-hetero) is 1. The molecule has 2 heterocycles.